The van der Waals surface area contributed by atoms with Gasteiger partial charge in [-0.2, -0.15) is 0 Å². The van der Waals surface area contributed by atoms with Gasteiger partial charge >= 0.3 is 0 Å². The monoisotopic (exact) mass is 666 g/mol. The second-order valence-electron chi connectivity index (χ2n) is 14.2. The van der Waals surface area contributed by atoms with Crippen molar-refractivity contribution in [3.8, 4) is 22.6 Å². The fourth-order valence-electron chi connectivity index (χ4n) is 9.32. The smallest absolute Gasteiger partial charge is 0.155 e. The molecule has 11 rings (SSSR count). The van der Waals surface area contributed by atoms with Crippen LogP contribution >= 0.6 is 0 Å². The summed E-state index contributed by atoms with van der Waals surface area (Å²) in [7, 11) is 0. The van der Waals surface area contributed by atoms with Gasteiger partial charge in [-0.05, 0) is 70.0 Å². The van der Waals surface area contributed by atoms with Crippen LogP contribution in [0.25, 0.3) is 27.5 Å². The first-order valence-corrected chi connectivity index (χ1v) is 18.3. The van der Waals surface area contributed by atoms with E-state index >= 15 is 0 Å². The van der Waals surface area contributed by atoms with Crippen LogP contribution in [-0.4, -0.2) is 17.6 Å². The Hall–Kier alpha value is -6.32. The molecule has 0 saturated heterocycles. The van der Waals surface area contributed by atoms with Crippen molar-refractivity contribution in [2.24, 2.45) is 9.98 Å². The summed E-state index contributed by atoms with van der Waals surface area (Å²) in [6.07, 6.45) is 14.2. The van der Waals surface area contributed by atoms with Gasteiger partial charge in [0.1, 0.15) is 11.5 Å². The maximum Gasteiger partial charge on any atom is 0.155 e. The minimum absolute atomic E-state index is 0.0211. The number of rotatable bonds is 3. The van der Waals surface area contributed by atoms with Crippen molar-refractivity contribution in [2.75, 3.05) is 0 Å². The third-order valence-corrected chi connectivity index (χ3v) is 11.5. The molecule has 3 nitrogen and oxygen atoms in total. The van der Waals surface area contributed by atoms with Gasteiger partial charge in [0.2, 0.25) is 0 Å². The van der Waals surface area contributed by atoms with Crippen LogP contribution < -0.4 is 4.74 Å². The quantitative estimate of drug-likeness (QED) is 0.185. The summed E-state index contributed by atoms with van der Waals surface area (Å²) in [6, 6.07) is 48.1. The summed E-state index contributed by atoms with van der Waals surface area (Å²) >= 11 is 0. The average Bonchev–Trinajstić information content (AvgIpc) is 3.51. The zero-order valence-corrected chi connectivity index (χ0v) is 28.6. The summed E-state index contributed by atoms with van der Waals surface area (Å²) in [5.41, 5.74) is 13.9. The number of aliphatic imine (C=N–C) groups is 2. The minimum atomic E-state index is -0.455. The van der Waals surface area contributed by atoms with Crippen molar-refractivity contribution >= 4 is 27.9 Å². The topological polar surface area (TPSA) is 34.0 Å². The van der Waals surface area contributed by atoms with Crippen LogP contribution in [0.2, 0.25) is 0 Å². The van der Waals surface area contributed by atoms with E-state index in [0.717, 1.165) is 64.6 Å². The number of fused-ring (bicyclic) bond motifs is 10. The van der Waals surface area contributed by atoms with E-state index in [9.17, 15) is 0 Å². The number of allylic oxidation sites excluding steroid dienone is 6. The molecule has 2 unspecified atom stereocenters. The first-order valence-electron chi connectivity index (χ1n) is 18.3. The van der Waals surface area contributed by atoms with E-state index in [0.29, 0.717) is 0 Å². The van der Waals surface area contributed by atoms with Crippen LogP contribution in [0.15, 0.2) is 185 Å². The first-order chi connectivity index (χ1) is 25.8. The van der Waals surface area contributed by atoms with Crippen molar-refractivity contribution < 1.29 is 4.74 Å². The first kappa shape index (κ1) is 29.4. The lowest BCUT2D eigenvalue weighted by Gasteiger charge is -2.41. The van der Waals surface area contributed by atoms with Crippen LogP contribution in [-0.2, 0) is 5.41 Å². The van der Waals surface area contributed by atoms with Gasteiger partial charge in [-0.15, -0.1) is 0 Å². The molecule has 0 radical (unpaired) electrons. The highest BCUT2D eigenvalue weighted by molar-refractivity contribution is 6.26. The molecule has 1 spiro atoms. The summed E-state index contributed by atoms with van der Waals surface area (Å²) in [5, 5.41) is 2.41. The van der Waals surface area contributed by atoms with Gasteiger partial charge in [0.05, 0.1) is 17.2 Å². The molecule has 2 heterocycles. The third-order valence-electron chi connectivity index (χ3n) is 11.5. The molecule has 0 N–H and O–H groups in total. The molecule has 6 aromatic carbocycles. The molecular formula is C49H34N2O. The second-order valence-corrected chi connectivity index (χ2v) is 14.2. The van der Waals surface area contributed by atoms with Crippen molar-refractivity contribution in [1.82, 2.24) is 0 Å². The molecule has 6 aromatic rings. The second kappa shape index (κ2) is 11.3. The average molecular weight is 667 g/mol. The van der Waals surface area contributed by atoms with Gasteiger partial charge in [0.25, 0.3) is 0 Å². The van der Waals surface area contributed by atoms with Crippen molar-refractivity contribution in [1.29, 1.82) is 0 Å². The molecule has 0 saturated carbocycles. The lowest BCUT2D eigenvalue weighted by atomic mass is 9.64. The fraction of sp³-hybridized carbons (Fsp3) is 0.102. The Kier molecular flexibility index (Phi) is 6.42. The maximum absolute atomic E-state index is 7.00. The Labute approximate surface area is 303 Å². The lowest BCUT2D eigenvalue weighted by molar-refractivity contribution is 0.437. The van der Waals surface area contributed by atoms with Crippen LogP contribution in [0.5, 0.6) is 11.5 Å². The molecule has 0 bridgehead atoms. The molecule has 0 amide bonds. The van der Waals surface area contributed by atoms with Crippen LogP contribution in [0.3, 0.4) is 0 Å². The number of nitrogens with zero attached hydrogens (tertiary/aromatic N) is 2. The number of amidine groups is 1. The highest BCUT2D eigenvalue weighted by atomic mass is 16.5. The summed E-state index contributed by atoms with van der Waals surface area (Å²) in [6.45, 7) is 0. The SMILES string of the molecule is C1=CCC2N=C(c3cccc(-c4cccc5c4Oc4ccccc4C54C5=C(CCC=C5)c5ccccc54)c3)N=C(c3cccc4ccccc34)C2=C1. The maximum atomic E-state index is 7.00. The van der Waals surface area contributed by atoms with Gasteiger partial charge in [0, 0.05) is 33.4 Å². The zero-order chi connectivity index (χ0) is 34.2. The predicted octanol–water partition coefficient (Wildman–Crippen LogP) is 11.6. The minimum Gasteiger partial charge on any atom is -0.456 e. The van der Waals surface area contributed by atoms with E-state index in [-0.39, 0.29) is 6.04 Å². The van der Waals surface area contributed by atoms with Crippen molar-refractivity contribution in [3.05, 3.63) is 208 Å². The van der Waals surface area contributed by atoms with Gasteiger partial charge in [-0.25, -0.2) is 4.99 Å². The number of ether oxygens (including phenoxy) is 1. The van der Waals surface area contributed by atoms with Crippen LogP contribution in [0.4, 0.5) is 0 Å². The van der Waals surface area contributed by atoms with Gasteiger partial charge in [-0.1, -0.05) is 152 Å². The Bertz CT molecular complexity index is 2700. The molecule has 5 aliphatic rings. The Morgan fingerprint density at radius 1 is 0.654 bits per heavy atom. The largest absolute Gasteiger partial charge is 0.456 e. The summed E-state index contributed by atoms with van der Waals surface area (Å²) in [4.78, 5) is 10.6. The third kappa shape index (κ3) is 4.14. The summed E-state index contributed by atoms with van der Waals surface area (Å²) in [5.74, 6) is 2.59. The Morgan fingerprint density at radius 2 is 1.40 bits per heavy atom. The van der Waals surface area contributed by atoms with E-state index in [1.54, 1.807) is 0 Å². The summed E-state index contributed by atoms with van der Waals surface area (Å²) < 4.78 is 7.00. The van der Waals surface area contributed by atoms with Crippen molar-refractivity contribution in [3.63, 3.8) is 0 Å². The zero-order valence-electron chi connectivity index (χ0n) is 28.6. The highest BCUT2D eigenvalue weighted by Crippen LogP contribution is 2.63. The predicted molar refractivity (Wildman–Crippen MR) is 213 cm³/mol. The standard InChI is InChI=1S/C49H34N2O/c1-2-18-34-31(14-1)15-12-23-38(34)46-39-21-5-9-28-44(39)50-48(51-46)33-17-11-16-32(30-33)35-22-13-27-43-47(35)52-45-29-10-8-26-42(45)49(43)40-24-6-3-19-36(40)37-20-4-7-25-41(37)49/h1-3,5-19,21-27,29-30,44H,4,20,28H2. The van der Waals surface area contributed by atoms with Crippen molar-refractivity contribution in [2.45, 2.75) is 30.7 Å². The fourth-order valence-corrected chi connectivity index (χ4v) is 9.32. The van der Waals surface area contributed by atoms with E-state index in [1.807, 2.05) is 0 Å². The number of hydrogen-bond acceptors (Lipinski definition) is 3. The molecule has 246 valence electrons. The molecule has 3 aliphatic carbocycles. The molecule has 3 heteroatoms. The van der Waals surface area contributed by atoms with E-state index < -0.39 is 5.41 Å². The van der Waals surface area contributed by atoms with Gasteiger partial charge < -0.3 is 4.74 Å². The molecule has 0 aromatic heterocycles. The Balaban J connectivity index is 1.09. The molecule has 2 atom stereocenters. The van der Waals surface area contributed by atoms with E-state index in [2.05, 4.69) is 164 Å². The van der Waals surface area contributed by atoms with Crippen LogP contribution in [0.1, 0.15) is 52.6 Å². The van der Waals surface area contributed by atoms with Crippen LogP contribution in [0, 0.1) is 0 Å². The van der Waals surface area contributed by atoms with E-state index in [1.165, 1.54) is 49.7 Å². The molecular weight excluding hydrogens is 633 g/mol. The molecule has 52 heavy (non-hydrogen) atoms. The normalized spacial score (nSPS) is 20.6. The van der Waals surface area contributed by atoms with E-state index in [4.69, 9.17) is 14.7 Å². The number of para-hydroxylation sites is 2. The molecule has 2 aliphatic heterocycles. The molecule has 0 fully saturated rings. The lowest BCUT2D eigenvalue weighted by Crippen LogP contribution is -2.33. The highest BCUT2D eigenvalue weighted by Gasteiger charge is 2.52. The van der Waals surface area contributed by atoms with Gasteiger partial charge in [0.15, 0.2) is 5.84 Å². The number of benzene rings is 6. The number of hydrogen-bond donors (Lipinski definition) is 0. The van der Waals surface area contributed by atoms with Gasteiger partial charge in [-0.3, -0.25) is 4.99 Å². The Morgan fingerprint density at radius 3 is 2.38 bits per heavy atom.